The molecule has 4 aliphatic rings. The number of carboxylic acids is 1. The Balaban J connectivity index is 0.000000203. The van der Waals surface area contributed by atoms with Gasteiger partial charge in [-0.25, -0.2) is 29.1 Å². The molecule has 2 aliphatic carbocycles. The monoisotopic (exact) mass is 874 g/mol. The molecule has 1 N–H and O–H groups in total. The topological polar surface area (TPSA) is 114 Å². The summed E-state index contributed by atoms with van der Waals surface area (Å²) in [6.07, 6.45) is 3.36. The van der Waals surface area contributed by atoms with Crippen LogP contribution >= 0.6 is 15.9 Å². The van der Waals surface area contributed by atoms with Gasteiger partial charge in [-0.05, 0) is 117 Å². The van der Waals surface area contributed by atoms with E-state index in [2.05, 4.69) is 35.9 Å². The first-order valence-electron chi connectivity index (χ1n) is 19.2. The predicted molar refractivity (Wildman–Crippen MR) is 198 cm³/mol. The molecule has 0 amide bonds. The number of ether oxygens (including phenoxy) is 2. The second-order valence-corrected chi connectivity index (χ2v) is 16.7. The number of aromatic nitrogens is 4. The molecule has 0 bridgehead atoms. The predicted octanol–water partition coefficient (Wildman–Crippen LogP) is 8.87. The molecule has 312 valence electrons. The lowest BCUT2D eigenvalue weighted by molar-refractivity contribution is -0.257. The SMILES string of the molecule is FC(F)(F)C1(CN2CCC(COc3ncc(Br)cn3)CC2)CCC1.O=C(O)c1ccc(-c2cnc(OCC3CCN(CC4(C(F)(F)F)CCC4)CC3)nc2)c(F)c1. The smallest absolute Gasteiger partial charge is 0.395 e. The van der Waals surface area contributed by atoms with Crippen LogP contribution in [0.5, 0.6) is 12.0 Å². The average Bonchev–Trinajstić information content (AvgIpc) is 3.14. The van der Waals surface area contributed by atoms with Crippen molar-refractivity contribution < 1.29 is 50.1 Å². The number of halogens is 8. The minimum atomic E-state index is -4.14. The largest absolute Gasteiger partial charge is 0.478 e. The van der Waals surface area contributed by atoms with Crippen molar-refractivity contribution in [3.8, 4) is 23.1 Å². The van der Waals surface area contributed by atoms with Crippen LogP contribution in [0.25, 0.3) is 11.1 Å². The third-order valence-corrected chi connectivity index (χ3v) is 12.3. The van der Waals surface area contributed by atoms with Gasteiger partial charge in [-0.1, -0.05) is 18.9 Å². The third kappa shape index (κ3) is 10.7. The summed E-state index contributed by atoms with van der Waals surface area (Å²) in [4.78, 5) is 31.1. The number of alkyl halides is 6. The highest BCUT2D eigenvalue weighted by Crippen LogP contribution is 2.54. The van der Waals surface area contributed by atoms with Crippen molar-refractivity contribution in [2.75, 3.05) is 52.5 Å². The molecule has 7 rings (SSSR count). The van der Waals surface area contributed by atoms with Crippen LogP contribution in [0.2, 0.25) is 0 Å². The van der Waals surface area contributed by atoms with Crippen LogP contribution in [-0.2, 0) is 0 Å². The number of carboxylic acid groups (broad SMARTS) is 1. The molecule has 18 heteroatoms. The molecule has 2 saturated carbocycles. The number of rotatable bonds is 12. The summed E-state index contributed by atoms with van der Waals surface area (Å²) in [5.74, 6) is -1.35. The Hall–Kier alpha value is -3.64. The summed E-state index contributed by atoms with van der Waals surface area (Å²) < 4.78 is 106. The second-order valence-electron chi connectivity index (χ2n) is 15.8. The van der Waals surface area contributed by atoms with E-state index in [1.54, 1.807) is 12.4 Å². The van der Waals surface area contributed by atoms with Crippen LogP contribution < -0.4 is 9.47 Å². The lowest BCUT2D eigenvalue weighted by Crippen LogP contribution is -2.53. The lowest BCUT2D eigenvalue weighted by Gasteiger charge is -2.47. The molecular weight excluding hydrogens is 829 g/mol. The molecule has 0 atom stereocenters. The first-order valence-corrected chi connectivity index (χ1v) is 20.0. The second kappa shape index (κ2) is 18.1. The molecule has 4 fully saturated rings. The van der Waals surface area contributed by atoms with Crippen molar-refractivity contribution >= 4 is 21.9 Å². The summed E-state index contributed by atoms with van der Waals surface area (Å²) in [5.41, 5.74) is -2.56. The zero-order valence-corrected chi connectivity index (χ0v) is 32.9. The Morgan fingerprint density at radius 1 is 0.737 bits per heavy atom. The fraction of sp³-hybridized carbons (Fsp3) is 0.615. The van der Waals surface area contributed by atoms with Gasteiger partial charge >= 0.3 is 30.3 Å². The zero-order valence-electron chi connectivity index (χ0n) is 31.3. The fourth-order valence-corrected chi connectivity index (χ4v) is 8.12. The van der Waals surface area contributed by atoms with Crippen molar-refractivity contribution in [1.29, 1.82) is 0 Å². The summed E-state index contributed by atoms with van der Waals surface area (Å²) in [5, 5.41) is 8.93. The van der Waals surface area contributed by atoms with E-state index in [4.69, 9.17) is 14.6 Å². The summed E-state index contributed by atoms with van der Waals surface area (Å²) in [6.45, 7) is 3.73. The van der Waals surface area contributed by atoms with Gasteiger partial charge in [0.25, 0.3) is 0 Å². The van der Waals surface area contributed by atoms with Crippen molar-refractivity contribution in [1.82, 2.24) is 29.7 Å². The molecular formula is C39H46BrF7N6O4. The van der Waals surface area contributed by atoms with E-state index in [-0.39, 0.29) is 61.8 Å². The molecule has 4 heterocycles. The van der Waals surface area contributed by atoms with E-state index < -0.39 is 35.0 Å². The van der Waals surface area contributed by atoms with Gasteiger partial charge in [-0.2, -0.15) is 26.3 Å². The Kier molecular flexibility index (Phi) is 13.6. The first kappa shape index (κ1) is 43.0. The van der Waals surface area contributed by atoms with Crippen molar-refractivity contribution in [3.63, 3.8) is 0 Å². The van der Waals surface area contributed by atoms with Crippen LogP contribution in [0, 0.1) is 28.5 Å². The van der Waals surface area contributed by atoms with Gasteiger partial charge in [-0.15, -0.1) is 0 Å². The van der Waals surface area contributed by atoms with Crippen LogP contribution in [0.3, 0.4) is 0 Å². The lowest BCUT2D eigenvalue weighted by atomic mass is 9.67. The van der Waals surface area contributed by atoms with Gasteiger partial charge in [0.05, 0.1) is 34.1 Å². The fourth-order valence-electron chi connectivity index (χ4n) is 7.92. The van der Waals surface area contributed by atoms with E-state index in [9.17, 15) is 35.5 Å². The van der Waals surface area contributed by atoms with E-state index in [0.717, 1.165) is 36.2 Å². The highest BCUT2D eigenvalue weighted by Gasteiger charge is 2.59. The Morgan fingerprint density at radius 3 is 1.51 bits per heavy atom. The number of carbonyl (C=O) groups is 1. The number of benzene rings is 1. The Morgan fingerprint density at radius 2 is 1.16 bits per heavy atom. The molecule has 0 radical (unpaired) electrons. The number of nitrogens with zero attached hydrogens (tertiary/aromatic N) is 6. The van der Waals surface area contributed by atoms with Gasteiger partial charge in [0.2, 0.25) is 0 Å². The number of aromatic carboxylic acids is 1. The van der Waals surface area contributed by atoms with Crippen LogP contribution in [0.15, 0.2) is 47.5 Å². The van der Waals surface area contributed by atoms with E-state index >= 15 is 0 Å². The number of hydrogen-bond acceptors (Lipinski definition) is 9. The molecule has 2 aromatic heterocycles. The van der Waals surface area contributed by atoms with Gasteiger partial charge in [-0.3, -0.25) is 0 Å². The number of hydrogen-bond donors (Lipinski definition) is 1. The minimum absolute atomic E-state index is 0.0820. The molecule has 2 aliphatic heterocycles. The maximum atomic E-state index is 14.2. The zero-order chi connectivity index (χ0) is 40.8. The van der Waals surface area contributed by atoms with Gasteiger partial charge in [0, 0.05) is 49.0 Å². The first-order chi connectivity index (χ1) is 27.0. The molecule has 10 nitrogen and oxygen atoms in total. The number of piperidine rings is 2. The maximum Gasteiger partial charge on any atom is 0.395 e. The molecule has 57 heavy (non-hydrogen) atoms. The van der Waals surface area contributed by atoms with Gasteiger partial charge in [0.15, 0.2) is 0 Å². The minimum Gasteiger partial charge on any atom is -0.478 e. The molecule has 0 unspecified atom stereocenters. The summed E-state index contributed by atoms with van der Waals surface area (Å²) in [6, 6.07) is 4.08. The maximum absolute atomic E-state index is 14.2. The van der Waals surface area contributed by atoms with E-state index in [0.29, 0.717) is 69.7 Å². The quantitative estimate of drug-likeness (QED) is 0.177. The molecule has 3 aromatic rings. The Labute approximate surface area is 334 Å². The van der Waals surface area contributed by atoms with Crippen molar-refractivity contribution in [2.24, 2.45) is 22.7 Å². The van der Waals surface area contributed by atoms with Crippen LogP contribution in [0.4, 0.5) is 30.7 Å². The molecule has 2 saturated heterocycles. The number of likely N-dealkylation sites (tertiary alicyclic amines) is 2. The van der Waals surface area contributed by atoms with Crippen molar-refractivity contribution in [3.05, 3.63) is 58.8 Å². The van der Waals surface area contributed by atoms with E-state index in [1.165, 1.54) is 24.5 Å². The highest BCUT2D eigenvalue weighted by molar-refractivity contribution is 9.10. The standard InChI is InChI=1S/C23H25F4N3O3.C16H21BrF3N3O/c24-19-10-16(20(31)32)2-3-18(19)17-11-28-21(29-12-17)33-13-15-4-8-30(9-5-15)14-22(6-1-7-22)23(25,26)27;17-13-8-21-14(22-9-13)24-10-12-2-6-23(7-3-12)11-15(4-1-5-15)16(18,19)20/h2-3,10-12,15H,1,4-9,13-14H2,(H,31,32);8-9,12H,1-7,10-11H2. The highest BCUT2D eigenvalue weighted by atomic mass is 79.9. The summed E-state index contributed by atoms with van der Waals surface area (Å²) >= 11 is 3.26. The van der Waals surface area contributed by atoms with E-state index in [1.807, 2.05) is 9.80 Å². The molecule has 0 spiro atoms. The van der Waals surface area contributed by atoms with Crippen LogP contribution in [-0.4, -0.2) is 106 Å². The average molecular weight is 876 g/mol. The summed E-state index contributed by atoms with van der Waals surface area (Å²) in [7, 11) is 0. The van der Waals surface area contributed by atoms with Gasteiger partial charge in [0.1, 0.15) is 5.82 Å². The Bertz CT molecular complexity index is 1780. The van der Waals surface area contributed by atoms with Crippen molar-refractivity contribution in [2.45, 2.75) is 76.6 Å². The van der Waals surface area contributed by atoms with Gasteiger partial charge < -0.3 is 24.4 Å². The normalized spacial score (nSPS) is 20.4. The third-order valence-electron chi connectivity index (χ3n) is 11.9. The van der Waals surface area contributed by atoms with Crippen LogP contribution in [0.1, 0.15) is 74.6 Å². The molecule has 1 aromatic carbocycles.